The van der Waals surface area contributed by atoms with E-state index in [4.69, 9.17) is 5.73 Å². The quantitative estimate of drug-likeness (QED) is 0.892. The second-order valence-corrected chi connectivity index (χ2v) is 4.82. The fourth-order valence-corrected chi connectivity index (χ4v) is 2.15. The molecule has 0 aliphatic carbocycles. The van der Waals surface area contributed by atoms with Crippen LogP contribution in [0.25, 0.3) is 10.8 Å². The van der Waals surface area contributed by atoms with Crippen molar-refractivity contribution in [3.63, 3.8) is 0 Å². The molecule has 0 saturated heterocycles. The molecule has 0 heterocycles. The van der Waals surface area contributed by atoms with E-state index < -0.39 is 0 Å². The molecule has 0 aliphatic rings. The van der Waals surface area contributed by atoms with Gasteiger partial charge in [0.15, 0.2) is 0 Å². The number of aryl methyl sites for hydroxylation is 1. The van der Waals surface area contributed by atoms with Crippen LogP contribution in [0.4, 0.5) is 0 Å². The van der Waals surface area contributed by atoms with Crippen LogP contribution in [0.15, 0.2) is 36.4 Å². The van der Waals surface area contributed by atoms with E-state index in [2.05, 4.69) is 43.3 Å². The first-order valence-corrected chi connectivity index (χ1v) is 6.01. The van der Waals surface area contributed by atoms with Gasteiger partial charge < -0.3 is 5.73 Å². The number of rotatable bonds is 4. The highest BCUT2D eigenvalue weighted by Gasteiger charge is 2.04. The van der Waals surface area contributed by atoms with Crippen LogP contribution in [0, 0.1) is 6.92 Å². The van der Waals surface area contributed by atoms with Gasteiger partial charge in [0.2, 0.25) is 5.91 Å². The Morgan fingerprint density at radius 1 is 1.17 bits per heavy atom. The molecule has 3 heteroatoms. The largest absolute Gasteiger partial charge is 0.369 e. The Balaban J connectivity index is 2.20. The van der Waals surface area contributed by atoms with E-state index in [9.17, 15) is 4.79 Å². The average molecular weight is 242 g/mol. The summed E-state index contributed by atoms with van der Waals surface area (Å²) < 4.78 is 0. The molecule has 0 saturated carbocycles. The minimum absolute atomic E-state index is 0.284. The lowest BCUT2D eigenvalue weighted by Crippen LogP contribution is -2.30. The molecule has 94 valence electrons. The molecule has 2 rings (SSSR count). The van der Waals surface area contributed by atoms with Crippen LogP contribution in [0.3, 0.4) is 0 Å². The minimum Gasteiger partial charge on any atom is -0.369 e. The summed E-state index contributed by atoms with van der Waals surface area (Å²) in [5.74, 6) is -0.297. The summed E-state index contributed by atoms with van der Waals surface area (Å²) in [6.07, 6.45) is 0. The second-order valence-electron chi connectivity index (χ2n) is 4.82. The van der Waals surface area contributed by atoms with Gasteiger partial charge in [-0.3, -0.25) is 9.69 Å². The lowest BCUT2D eigenvalue weighted by Gasteiger charge is -2.14. The molecule has 0 radical (unpaired) electrons. The Kier molecular flexibility index (Phi) is 3.63. The molecular weight excluding hydrogens is 224 g/mol. The first-order valence-electron chi connectivity index (χ1n) is 6.01. The fraction of sp³-hybridized carbons (Fsp3) is 0.267. The molecule has 18 heavy (non-hydrogen) atoms. The average Bonchev–Trinajstić information content (AvgIpc) is 2.28. The lowest BCUT2D eigenvalue weighted by molar-refractivity contribution is -0.118. The van der Waals surface area contributed by atoms with Crippen molar-refractivity contribution in [3.05, 3.63) is 47.5 Å². The number of carbonyl (C=O) groups is 1. The Labute approximate surface area is 107 Å². The van der Waals surface area contributed by atoms with E-state index in [1.165, 1.54) is 21.9 Å². The topological polar surface area (TPSA) is 46.3 Å². The maximum absolute atomic E-state index is 10.8. The SMILES string of the molecule is Cc1ccc2cc(CN(C)CC(N)=O)ccc2c1. The number of carbonyl (C=O) groups excluding carboxylic acids is 1. The van der Waals surface area contributed by atoms with Gasteiger partial charge in [-0.25, -0.2) is 0 Å². The number of nitrogens with zero attached hydrogens (tertiary/aromatic N) is 1. The highest BCUT2D eigenvalue weighted by molar-refractivity contribution is 5.83. The highest BCUT2D eigenvalue weighted by Crippen LogP contribution is 2.18. The van der Waals surface area contributed by atoms with Crippen LogP contribution >= 0.6 is 0 Å². The number of primary amides is 1. The van der Waals surface area contributed by atoms with Gasteiger partial charge in [0.05, 0.1) is 6.54 Å². The Morgan fingerprint density at radius 2 is 1.83 bits per heavy atom. The summed E-state index contributed by atoms with van der Waals surface area (Å²) >= 11 is 0. The van der Waals surface area contributed by atoms with Gasteiger partial charge in [-0.05, 0) is 36.4 Å². The summed E-state index contributed by atoms with van der Waals surface area (Å²) in [5, 5.41) is 2.47. The fourth-order valence-electron chi connectivity index (χ4n) is 2.15. The molecule has 2 aromatic carbocycles. The maximum Gasteiger partial charge on any atom is 0.231 e. The third-order valence-corrected chi connectivity index (χ3v) is 2.94. The van der Waals surface area contributed by atoms with Gasteiger partial charge in [-0.1, -0.05) is 35.9 Å². The summed E-state index contributed by atoms with van der Waals surface area (Å²) in [6.45, 7) is 3.10. The molecule has 0 unspecified atom stereocenters. The van der Waals surface area contributed by atoms with Gasteiger partial charge in [0.25, 0.3) is 0 Å². The molecule has 0 fully saturated rings. The molecule has 2 aromatic rings. The van der Waals surface area contributed by atoms with Crippen molar-refractivity contribution in [2.75, 3.05) is 13.6 Å². The van der Waals surface area contributed by atoms with Gasteiger partial charge in [-0.15, -0.1) is 0 Å². The number of hydrogen-bond donors (Lipinski definition) is 1. The number of amides is 1. The van der Waals surface area contributed by atoms with E-state index in [1.54, 1.807) is 0 Å². The second kappa shape index (κ2) is 5.19. The van der Waals surface area contributed by atoms with E-state index in [0.717, 1.165) is 6.54 Å². The van der Waals surface area contributed by atoms with E-state index in [0.29, 0.717) is 0 Å². The number of fused-ring (bicyclic) bond motifs is 1. The number of benzene rings is 2. The van der Waals surface area contributed by atoms with Gasteiger partial charge in [0, 0.05) is 6.54 Å². The van der Waals surface area contributed by atoms with Gasteiger partial charge in [-0.2, -0.15) is 0 Å². The number of likely N-dealkylation sites (N-methyl/N-ethyl adjacent to an activating group) is 1. The van der Waals surface area contributed by atoms with E-state index in [-0.39, 0.29) is 12.5 Å². The van der Waals surface area contributed by atoms with Crippen LogP contribution in [-0.2, 0) is 11.3 Å². The van der Waals surface area contributed by atoms with Crippen molar-refractivity contribution in [3.8, 4) is 0 Å². The number of nitrogens with two attached hydrogens (primary N) is 1. The van der Waals surface area contributed by atoms with Crippen molar-refractivity contribution in [2.45, 2.75) is 13.5 Å². The van der Waals surface area contributed by atoms with E-state index >= 15 is 0 Å². The summed E-state index contributed by atoms with van der Waals surface area (Å²) in [4.78, 5) is 12.7. The lowest BCUT2D eigenvalue weighted by atomic mass is 10.0. The predicted molar refractivity (Wildman–Crippen MR) is 74.2 cm³/mol. The molecule has 0 aliphatic heterocycles. The van der Waals surface area contributed by atoms with Gasteiger partial charge >= 0.3 is 0 Å². The molecule has 0 aromatic heterocycles. The Morgan fingerprint density at radius 3 is 2.56 bits per heavy atom. The zero-order valence-corrected chi connectivity index (χ0v) is 10.8. The van der Waals surface area contributed by atoms with Crippen LogP contribution in [0.2, 0.25) is 0 Å². The normalized spacial score (nSPS) is 11.1. The molecule has 2 N–H and O–H groups in total. The van der Waals surface area contributed by atoms with Crippen molar-refractivity contribution >= 4 is 16.7 Å². The van der Waals surface area contributed by atoms with Crippen molar-refractivity contribution in [1.82, 2.24) is 4.90 Å². The van der Waals surface area contributed by atoms with Crippen LogP contribution in [-0.4, -0.2) is 24.4 Å². The van der Waals surface area contributed by atoms with Gasteiger partial charge in [0.1, 0.15) is 0 Å². The standard InChI is InChI=1S/C15H18N2O/c1-11-3-5-14-8-12(4-6-13(14)7-11)9-17(2)10-15(16)18/h3-8H,9-10H2,1-2H3,(H2,16,18). The third-order valence-electron chi connectivity index (χ3n) is 2.94. The molecule has 0 spiro atoms. The Hall–Kier alpha value is -1.87. The summed E-state index contributed by atoms with van der Waals surface area (Å²) in [5.41, 5.74) is 7.63. The molecule has 1 amide bonds. The summed E-state index contributed by atoms with van der Waals surface area (Å²) in [7, 11) is 1.89. The highest BCUT2D eigenvalue weighted by atomic mass is 16.1. The molecule has 3 nitrogen and oxygen atoms in total. The van der Waals surface area contributed by atoms with Crippen LogP contribution < -0.4 is 5.73 Å². The maximum atomic E-state index is 10.8. The third kappa shape index (κ3) is 3.08. The minimum atomic E-state index is -0.297. The predicted octanol–water partition coefficient (Wildman–Crippen LogP) is 2.07. The first-order chi connectivity index (χ1) is 8.54. The molecule has 0 bridgehead atoms. The monoisotopic (exact) mass is 242 g/mol. The van der Waals surface area contributed by atoms with Crippen LogP contribution in [0.5, 0.6) is 0 Å². The van der Waals surface area contributed by atoms with E-state index in [1.807, 2.05) is 11.9 Å². The van der Waals surface area contributed by atoms with Crippen molar-refractivity contribution < 1.29 is 4.79 Å². The van der Waals surface area contributed by atoms with Crippen molar-refractivity contribution in [2.24, 2.45) is 5.73 Å². The smallest absolute Gasteiger partial charge is 0.231 e. The van der Waals surface area contributed by atoms with Crippen molar-refractivity contribution in [1.29, 1.82) is 0 Å². The number of hydrogen-bond acceptors (Lipinski definition) is 2. The Bertz CT molecular complexity index is 578. The zero-order valence-electron chi connectivity index (χ0n) is 10.8. The molecular formula is C15H18N2O. The zero-order chi connectivity index (χ0) is 13.1. The summed E-state index contributed by atoms with van der Waals surface area (Å²) in [6, 6.07) is 12.8. The first kappa shape index (κ1) is 12.6. The van der Waals surface area contributed by atoms with Crippen LogP contribution in [0.1, 0.15) is 11.1 Å². The molecule has 0 atom stereocenters.